The number of aryl methyl sites for hydroxylation is 1. The van der Waals surface area contributed by atoms with Gasteiger partial charge in [-0.25, -0.2) is 0 Å². The van der Waals surface area contributed by atoms with Crippen LogP contribution in [0.2, 0.25) is 0 Å². The minimum absolute atomic E-state index is 0.821. The second-order valence-electron chi connectivity index (χ2n) is 5.83. The highest BCUT2D eigenvalue weighted by Gasteiger charge is 2.21. The molecule has 0 saturated carbocycles. The summed E-state index contributed by atoms with van der Waals surface area (Å²) in [4.78, 5) is 2.56. The van der Waals surface area contributed by atoms with E-state index < -0.39 is 0 Å². The highest BCUT2D eigenvalue weighted by molar-refractivity contribution is 5.48. The fourth-order valence-electron chi connectivity index (χ4n) is 2.97. The minimum atomic E-state index is 0.821. The molecule has 0 aromatic heterocycles. The van der Waals surface area contributed by atoms with Gasteiger partial charge in [0.05, 0.1) is 0 Å². The average Bonchev–Trinajstić information content (AvgIpc) is 2.22. The average molecular weight is 232 g/mol. The summed E-state index contributed by atoms with van der Waals surface area (Å²) < 4.78 is 0. The van der Waals surface area contributed by atoms with Crippen LogP contribution in [0.5, 0.6) is 0 Å². The van der Waals surface area contributed by atoms with Gasteiger partial charge in [0, 0.05) is 25.3 Å². The molecule has 1 aromatic rings. The first-order valence-electron chi connectivity index (χ1n) is 6.62. The summed E-state index contributed by atoms with van der Waals surface area (Å²) in [6, 6.07) is 6.45. The van der Waals surface area contributed by atoms with Gasteiger partial charge in [-0.05, 0) is 42.4 Å². The molecule has 1 aromatic carbocycles. The second-order valence-corrected chi connectivity index (χ2v) is 5.83. The summed E-state index contributed by atoms with van der Waals surface area (Å²) in [7, 11) is 0. The smallest absolute Gasteiger partial charge is 0.0346 e. The van der Waals surface area contributed by atoms with Gasteiger partial charge < -0.3 is 5.73 Å². The Labute approximate surface area is 105 Å². The molecule has 2 nitrogen and oxygen atoms in total. The topological polar surface area (TPSA) is 29.3 Å². The predicted octanol–water partition coefficient (Wildman–Crippen LogP) is 3.06. The third-order valence-electron chi connectivity index (χ3n) is 3.69. The number of likely N-dealkylation sites (tertiary alicyclic amines) is 1. The van der Waals surface area contributed by atoms with Crippen LogP contribution in [0.15, 0.2) is 18.2 Å². The number of anilines is 1. The maximum Gasteiger partial charge on any atom is 0.0346 e. The Bertz CT molecular complexity index is 377. The second kappa shape index (κ2) is 5.09. The Morgan fingerprint density at radius 2 is 1.88 bits per heavy atom. The molecule has 2 rings (SSSR count). The van der Waals surface area contributed by atoms with E-state index in [-0.39, 0.29) is 0 Å². The van der Waals surface area contributed by atoms with Crippen LogP contribution in [0.3, 0.4) is 0 Å². The maximum atomic E-state index is 5.96. The van der Waals surface area contributed by atoms with Crippen molar-refractivity contribution in [3.63, 3.8) is 0 Å². The lowest BCUT2D eigenvalue weighted by atomic mass is 9.91. The molecule has 1 heterocycles. The van der Waals surface area contributed by atoms with Gasteiger partial charge in [-0.2, -0.15) is 0 Å². The van der Waals surface area contributed by atoms with Crippen molar-refractivity contribution in [2.75, 3.05) is 18.8 Å². The molecule has 0 aliphatic carbocycles. The molecule has 0 spiro atoms. The zero-order valence-corrected chi connectivity index (χ0v) is 11.2. The zero-order chi connectivity index (χ0) is 12.4. The molecular formula is C15H24N2. The van der Waals surface area contributed by atoms with Crippen molar-refractivity contribution in [3.05, 3.63) is 29.3 Å². The molecule has 2 atom stereocenters. The maximum absolute atomic E-state index is 5.96. The van der Waals surface area contributed by atoms with E-state index in [2.05, 4.69) is 43.9 Å². The Balaban J connectivity index is 2.02. The Morgan fingerprint density at radius 1 is 1.24 bits per heavy atom. The van der Waals surface area contributed by atoms with Crippen molar-refractivity contribution in [2.45, 2.75) is 33.7 Å². The number of nitrogen functional groups attached to an aromatic ring is 1. The number of hydrogen-bond donors (Lipinski definition) is 1. The first kappa shape index (κ1) is 12.4. The standard InChI is InChI=1S/C15H24N2/c1-11-6-12(2)9-17(8-11)10-14-5-4-13(3)15(16)7-14/h4-5,7,11-12H,6,8-10,16H2,1-3H3. The van der Waals surface area contributed by atoms with Crippen LogP contribution in [0.4, 0.5) is 5.69 Å². The first-order chi connectivity index (χ1) is 8.04. The van der Waals surface area contributed by atoms with Crippen LogP contribution >= 0.6 is 0 Å². The highest BCUT2D eigenvalue weighted by atomic mass is 15.1. The van der Waals surface area contributed by atoms with Crippen molar-refractivity contribution in [1.82, 2.24) is 4.90 Å². The van der Waals surface area contributed by atoms with Gasteiger partial charge in [0.15, 0.2) is 0 Å². The van der Waals surface area contributed by atoms with E-state index in [9.17, 15) is 0 Å². The minimum Gasteiger partial charge on any atom is -0.399 e. The first-order valence-corrected chi connectivity index (χ1v) is 6.62. The Hall–Kier alpha value is -1.02. The van der Waals surface area contributed by atoms with Crippen LogP contribution < -0.4 is 5.73 Å². The number of benzene rings is 1. The quantitative estimate of drug-likeness (QED) is 0.794. The van der Waals surface area contributed by atoms with Gasteiger partial charge in [-0.15, -0.1) is 0 Å². The van der Waals surface area contributed by atoms with E-state index in [1.807, 2.05) is 0 Å². The largest absolute Gasteiger partial charge is 0.399 e. The third kappa shape index (κ3) is 3.22. The molecule has 2 unspecified atom stereocenters. The van der Waals surface area contributed by atoms with Crippen LogP contribution in [-0.2, 0) is 6.54 Å². The van der Waals surface area contributed by atoms with Crippen molar-refractivity contribution < 1.29 is 0 Å². The molecular weight excluding hydrogens is 208 g/mol. The molecule has 1 fully saturated rings. The number of hydrogen-bond acceptors (Lipinski definition) is 2. The molecule has 1 aliphatic heterocycles. The SMILES string of the molecule is Cc1ccc(CN2CC(C)CC(C)C2)cc1N. The Morgan fingerprint density at radius 3 is 2.47 bits per heavy atom. The lowest BCUT2D eigenvalue weighted by molar-refractivity contribution is 0.134. The van der Waals surface area contributed by atoms with Gasteiger partial charge in [-0.1, -0.05) is 26.0 Å². The Kier molecular flexibility index (Phi) is 3.72. The summed E-state index contributed by atoms with van der Waals surface area (Å²) in [5.74, 6) is 1.64. The number of nitrogens with two attached hydrogens (primary N) is 1. The summed E-state index contributed by atoms with van der Waals surface area (Å²) in [6.45, 7) is 10.2. The lowest BCUT2D eigenvalue weighted by Gasteiger charge is -2.35. The van der Waals surface area contributed by atoms with Crippen molar-refractivity contribution in [3.8, 4) is 0 Å². The normalized spacial score (nSPS) is 26.1. The molecule has 2 heteroatoms. The van der Waals surface area contributed by atoms with E-state index in [1.165, 1.54) is 30.6 Å². The van der Waals surface area contributed by atoms with Crippen LogP contribution in [0, 0.1) is 18.8 Å². The highest BCUT2D eigenvalue weighted by Crippen LogP contribution is 2.23. The summed E-state index contributed by atoms with van der Waals surface area (Å²) in [6.07, 6.45) is 1.37. The summed E-state index contributed by atoms with van der Waals surface area (Å²) in [5.41, 5.74) is 9.40. The fraction of sp³-hybridized carbons (Fsp3) is 0.600. The van der Waals surface area contributed by atoms with Crippen LogP contribution in [0.25, 0.3) is 0 Å². The van der Waals surface area contributed by atoms with E-state index in [0.29, 0.717) is 0 Å². The van der Waals surface area contributed by atoms with Gasteiger partial charge in [-0.3, -0.25) is 4.90 Å². The van der Waals surface area contributed by atoms with Gasteiger partial charge in [0.1, 0.15) is 0 Å². The number of nitrogens with zero attached hydrogens (tertiary/aromatic N) is 1. The molecule has 17 heavy (non-hydrogen) atoms. The molecule has 0 bridgehead atoms. The summed E-state index contributed by atoms with van der Waals surface area (Å²) >= 11 is 0. The molecule has 94 valence electrons. The molecule has 2 N–H and O–H groups in total. The predicted molar refractivity (Wildman–Crippen MR) is 73.8 cm³/mol. The fourth-order valence-corrected chi connectivity index (χ4v) is 2.97. The van der Waals surface area contributed by atoms with E-state index >= 15 is 0 Å². The monoisotopic (exact) mass is 232 g/mol. The molecule has 0 radical (unpaired) electrons. The van der Waals surface area contributed by atoms with Crippen molar-refractivity contribution in [1.29, 1.82) is 0 Å². The molecule has 0 amide bonds. The van der Waals surface area contributed by atoms with Crippen molar-refractivity contribution in [2.24, 2.45) is 11.8 Å². The zero-order valence-electron chi connectivity index (χ0n) is 11.2. The molecule has 1 aliphatic rings. The summed E-state index contributed by atoms with van der Waals surface area (Å²) in [5, 5.41) is 0. The van der Waals surface area contributed by atoms with Gasteiger partial charge >= 0.3 is 0 Å². The third-order valence-corrected chi connectivity index (χ3v) is 3.69. The van der Waals surface area contributed by atoms with Gasteiger partial charge in [0.25, 0.3) is 0 Å². The van der Waals surface area contributed by atoms with E-state index in [4.69, 9.17) is 5.73 Å². The van der Waals surface area contributed by atoms with Crippen LogP contribution in [0.1, 0.15) is 31.4 Å². The number of piperidine rings is 1. The van der Waals surface area contributed by atoms with E-state index in [0.717, 1.165) is 24.1 Å². The lowest BCUT2D eigenvalue weighted by Crippen LogP contribution is -2.38. The number of rotatable bonds is 2. The molecule has 1 saturated heterocycles. The van der Waals surface area contributed by atoms with E-state index in [1.54, 1.807) is 0 Å². The van der Waals surface area contributed by atoms with Gasteiger partial charge in [0.2, 0.25) is 0 Å². The van der Waals surface area contributed by atoms with Crippen molar-refractivity contribution >= 4 is 5.69 Å². The van der Waals surface area contributed by atoms with Crippen LogP contribution in [-0.4, -0.2) is 18.0 Å².